The molecule has 1 aromatic carbocycles. The first-order valence-corrected chi connectivity index (χ1v) is 6.19. The first kappa shape index (κ1) is 13.4. The van der Waals surface area contributed by atoms with E-state index in [2.05, 4.69) is 9.72 Å². The van der Waals surface area contributed by atoms with Gasteiger partial charge in [-0.15, -0.1) is 0 Å². The monoisotopic (exact) mass is 263 g/mol. The summed E-state index contributed by atoms with van der Waals surface area (Å²) >= 11 is 0. The van der Waals surface area contributed by atoms with Gasteiger partial charge in [0.2, 0.25) is 0 Å². The van der Waals surface area contributed by atoms with Crippen LogP contribution < -0.4 is 0 Å². The Morgan fingerprint density at radius 2 is 2.16 bits per heavy atom. The third-order valence-electron chi connectivity index (χ3n) is 3.14. The molecule has 0 aliphatic heterocycles. The molecule has 1 aromatic heterocycles. The molecule has 0 saturated heterocycles. The average molecular weight is 263 g/mol. The number of aromatic nitrogens is 1. The van der Waals surface area contributed by atoms with Crippen LogP contribution in [0, 0.1) is 0 Å². The number of benzene rings is 1. The van der Waals surface area contributed by atoms with Crippen molar-refractivity contribution in [2.45, 2.75) is 19.3 Å². The smallest absolute Gasteiger partial charge is 0.341 e. The Bertz CT molecular complexity index is 588. The molecule has 0 bridgehead atoms. The highest BCUT2D eigenvalue weighted by Crippen LogP contribution is 2.28. The summed E-state index contributed by atoms with van der Waals surface area (Å²) in [5.41, 5.74) is 2.01. The van der Waals surface area contributed by atoms with Crippen LogP contribution in [0.2, 0.25) is 0 Å². The molecule has 102 valence electrons. The van der Waals surface area contributed by atoms with Crippen LogP contribution in [-0.2, 0) is 11.2 Å². The first-order chi connectivity index (χ1) is 9.17. The van der Waals surface area contributed by atoms with E-state index in [9.17, 15) is 9.90 Å². The van der Waals surface area contributed by atoms with Gasteiger partial charge in [0.05, 0.1) is 7.11 Å². The normalized spacial score (nSPS) is 10.8. The number of H-pyrrole nitrogens is 1. The van der Waals surface area contributed by atoms with Crippen molar-refractivity contribution in [3.63, 3.8) is 0 Å². The predicted molar refractivity (Wildman–Crippen MR) is 71.3 cm³/mol. The lowest BCUT2D eigenvalue weighted by Crippen LogP contribution is -2.01. The number of phenols is 1. The van der Waals surface area contributed by atoms with Gasteiger partial charge in [0.25, 0.3) is 0 Å². The minimum Gasteiger partial charge on any atom is -0.507 e. The number of aliphatic hydroxyl groups excluding tert-OH is 1. The number of carbonyl (C=O) groups is 1. The third kappa shape index (κ3) is 2.71. The Morgan fingerprint density at radius 1 is 1.37 bits per heavy atom. The quantitative estimate of drug-likeness (QED) is 0.569. The Morgan fingerprint density at radius 3 is 2.84 bits per heavy atom. The molecule has 0 aliphatic carbocycles. The number of methoxy groups -OCH3 is 1. The fraction of sp³-hybridized carbons (Fsp3) is 0.357. The van der Waals surface area contributed by atoms with Gasteiger partial charge in [0.15, 0.2) is 0 Å². The molecule has 19 heavy (non-hydrogen) atoms. The summed E-state index contributed by atoms with van der Waals surface area (Å²) in [4.78, 5) is 14.6. The molecule has 0 unspecified atom stereocenters. The van der Waals surface area contributed by atoms with Gasteiger partial charge >= 0.3 is 5.97 Å². The second-order valence-electron chi connectivity index (χ2n) is 4.40. The highest BCUT2D eigenvalue weighted by atomic mass is 16.5. The van der Waals surface area contributed by atoms with Crippen LogP contribution in [0.15, 0.2) is 18.3 Å². The largest absolute Gasteiger partial charge is 0.507 e. The molecule has 0 radical (unpaired) electrons. The highest BCUT2D eigenvalue weighted by Gasteiger charge is 2.15. The SMILES string of the molecule is COC(=O)c1cc2c(CCCCO)c[nH]c2cc1O. The van der Waals surface area contributed by atoms with Crippen molar-refractivity contribution in [1.82, 2.24) is 4.98 Å². The van der Waals surface area contributed by atoms with Crippen molar-refractivity contribution in [3.8, 4) is 5.75 Å². The molecule has 0 amide bonds. The maximum atomic E-state index is 11.5. The number of unbranched alkanes of at least 4 members (excludes halogenated alkanes) is 1. The number of esters is 1. The Balaban J connectivity index is 2.37. The maximum Gasteiger partial charge on any atom is 0.341 e. The number of phenolic OH excluding ortho intramolecular Hbond substituents is 1. The summed E-state index contributed by atoms with van der Waals surface area (Å²) in [5, 5.41) is 19.5. The number of nitrogens with one attached hydrogen (secondary N) is 1. The molecule has 0 saturated carbocycles. The molecule has 0 spiro atoms. The molecule has 2 rings (SSSR count). The van der Waals surface area contributed by atoms with E-state index in [1.54, 1.807) is 6.07 Å². The van der Waals surface area contributed by atoms with Crippen LogP contribution >= 0.6 is 0 Å². The van der Waals surface area contributed by atoms with E-state index >= 15 is 0 Å². The van der Waals surface area contributed by atoms with Crippen molar-refractivity contribution in [2.75, 3.05) is 13.7 Å². The van der Waals surface area contributed by atoms with Crippen molar-refractivity contribution < 1.29 is 19.7 Å². The lowest BCUT2D eigenvalue weighted by Gasteiger charge is -2.04. The minimum absolute atomic E-state index is 0.0943. The molecule has 0 fully saturated rings. The minimum atomic E-state index is -0.554. The Hall–Kier alpha value is -2.01. The van der Waals surface area contributed by atoms with E-state index in [-0.39, 0.29) is 17.9 Å². The van der Waals surface area contributed by atoms with E-state index < -0.39 is 5.97 Å². The number of carbonyl (C=O) groups excluding carboxylic acids is 1. The number of hydrogen-bond acceptors (Lipinski definition) is 4. The van der Waals surface area contributed by atoms with Crippen molar-refractivity contribution in [2.24, 2.45) is 0 Å². The number of rotatable bonds is 5. The van der Waals surface area contributed by atoms with Crippen molar-refractivity contribution >= 4 is 16.9 Å². The van der Waals surface area contributed by atoms with Crippen LogP contribution in [0.4, 0.5) is 0 Å². The predicted octanol–water partition coefficient (Wildman–Crippen LogP) is 1.98. The van der Waals surface area contributed by atoms with Crippen LogP contribution in [0.5, 0.6) is 5.75 Å². The van der Waals surface area contributed by atoms with Gasteiger partial charge in [0, 0.05) is 29.8 Å². The van der Waals surface area contributed by atoms with Gasteiger partial charge in [-0.25, -0.2) is 4.79 Å². The van der Waals surface area contributed by atoms with Gasteiger partial charge in [-0.1, -0.05) is 0 Å². The van der Waals surface area contributed by atoms with Crippen molar-refractivity contribution in [3.05, 3.63) is 29.5 Å². The summed E-state index contributed by atoms with van der Waals surface area (Å²) in [5.74, 6) is -0.648. The number of aliphatic hydroxyl groups is 1. The van der Waals surface area contributed by atoms with Crippen LogP contribution in [0.3, 0.4) is 0 Å². The summed E-state index contributed by atoms with van der Waals surface area (Å²) in [7, 11) is 1.28. The number of fused-ring (bicyclic) bond motifs is 1. The molecule has 2 aromatic rings. The summed E-state index contributed by atoms with van der Waals surface area (Å²) in [6.45, 7) is 0.177. The van der Waals surface area contributed by atoms with E-state index in [4.69, 9.17) is 5.11 Å². The Kier molecular flexibility index (Phi) is 4.06. The van der Waals surface area contributed by atoms with E-state index in [1.165, 1.54) is 13.2 Å². The fourth-order valence-corrected chi connectivity index (χ4v) is 2.12. The summed E-state index contributed by atoms with van der Waals surface area (Å²) < 4.78 is 4.64. The molecular weight excluding hydrogens is 246 g/mol. The number of ether oxygens (including phenoxy) is 1. The van der Waals surface area contributed by atoms with Gasteiger partial charge in [0.1, 0.15) is 11.3 Å². The number of aromatic hydroxyl groups is 1. The molecule has 3 N–H and O–H groups in total. The number of aromatic amines is 1. The second-order valence-corrected chi connectivity index (χ2v) is 4.40. The van der Waals surface area contributed by atoms with Gasteiger partial charge < -0.3 is 19.9 Å². The summed E-state index contributed by atoms with van der Waals surface area (Å²) in [6, 6.07) is 3.17. The zero-order chi connectivity index (χ0) is 13.8. The topological polar surface area (TPSA) is 82.5 Å². The van der Waals surface area contributed by atoms with E-state index in [0.29, 0.717) is 0 Å². The first-order valence-electron chi connectivity index (χ1n) is 6.19. The van der Waals surface area contributed by atoms with Gasteiger partial charge in [-0.3, -0.25) is 0 Å². The van der Waals surface area contributed by atoms with E-state index in [1.807, 2.05) is 6.20 Å². The average Bonchev–Trinajstić information content (AvgIpc) is 2.79. The van der Waals surface area contributed by atoms with Crippen LogP contribution in [0.25, 0.3) is 10.9 Å². The molecule has 5 heteroatoms. The highest BCUT2D eigenvalue weighted by molar-refractivity contribution is 5.98. The molecule has 0 aliphatic rings. The van der Waals surface area contributed by atoms with Crippen LogP contribution in [-0.4, -0.2) is 34.9 Å². The van der Waals surface area contributed by atoms with Gasteiger partial charge in [-0.2, -0.15) is 0 Å². The zero-order valence-corrected chi connectivity index (χ0v) is 10.8. The van der Waals surface area contributed by atoms with Gasteiger partial charge in [-0.05, 0) is 30.9 Å². The third-order valence-corrected chi connectivity index (χ3v) is 3.14. The van der Waals surface area contributed by atoms with Crippen LogP contribution in [0.1, 0.15) is 28.8 Å². The lowest BCUT2D eigenvalue weighted by molar-refractivity contribution is 0.0597. The summed E-state index contributed by atoms with van der Waals surface area (Å²) in [6.07, 6.45) is 4.29. The number of hydrogen-bond donors (Lipinski definition) is 3. The molecule has 1 heterocycles. The maximum absolute atomic E-state index is 11.5. The molecule has 0 atom stereocenters. The fourth-order valence-electron chi connectivity index (χ4n) is 2.12. The number of aryl methyl sites for hydroxylation is 1. The van der Waals surface area contributed by atoms with Crippen molar-refractivity contribution in [1.29, 1.82) is 0 Å². The molecule has 5 nitrogen and oxygen atoms in total. The second kappa shape index (κ2) is 5.75. The zero-order valence-electron chi connectivity index (χ0n) is 10.8. The standard InChI is InChI=1S/C14H17NO4/c1-19-14(18)11-6-10-9(4-2-3-5-16)8-15-12(10)7-13(11)17/h6-8,15-17H,2-5H2,1H3. The Labute approximate surface area is 110 Å². The lowest BCUT2D eigenvalue weighted by atomic mass is 10.0. The molecular formula is C14H17NO4. The van der Waals surface area contributed by atoms with E-state index in [0.717, 1.165) is 35.7 Å².